The highest BCUT2D eigenvalue weighted by Gasteiger charge is 2.09. The van der Waals surface area contributed by atoms with Crippen LogP contribution < -0.4 is 10.2 Å². The molecule has 0 aliphatic carbocycles. The van der Waals surface area contributed by atoms with E-state index in [9.17, 15) is 14.9 Å². The summed E-state index contributed by atoms with van der Waals surface area (Å²) in [6.07, 6.45) is 3.20. The highest BCUT2D eigenvalue weighted by molar-refractivity contribution is 6.35. The number of carbonyl (C=O) groups is 1. The summed E-state index contributed by atoms with van der Waals surface area (Å²) < 4.78 is 7.31. The molecule has 36 heavy (non-hydrogen) atoms. The second-order valence-electron chi connectivity index (χ2n) is 7.64. The number of nitrogens with one attached hydrogen (secondary N) is 1. The molecule has 0 radical (unpaired) electrons. The Kier molecular flexibility index (Phi) is 7.62. The minimum Gasteiger partial charge on any atom is -0.489 e. The van der Waals surface area contributed by atoms with Crippen molar-refractivity contribution >= 4 is 41.0 Å². The second-order valence-corrected chi connectivity index (χ2v) is 8.48. The molecule has 1 N–H and O–H groups in total. The molecule has 9 nitrogen and oxygen atoms in total. The van der Waals surface area contributed by atoms with E-state index in [4.69, 9.17) is 27.9 Å². The van der Waals surface area contributed by atoms with Crippen molar-refractivity contribution in [3.05, 3.63) is 115 Å². The lowest BCUT2D eigenvalue weighted by atomic mass is 10.2. The Morgan fingerprint density at radius 1 is 1.14 bits per heavy atom. The summed E-state index contributed by atoms with van der Waals surface area (Å²) >= 11 is 12.1. The summed E-state index contributed by atoms with van der Waals surface area (Å²) in [5.41, 5.74) is 5.69. The first-order valence-corrected chi connectivity index (χ1v) is 11.4. The average Bonchev–Trinajstić information content (AvgIpc) is 3.24. The minimum atomic E-state index is -0.461. The maximum absolute atomic E-state index is 12.4. The second kappa shape index (κ2) is 11.0. The van der Waals surface area contributed by atoms with Crippen molar-refractivity contribution in [2.75, 3.05) is 0 Å². The van der Waals surface area contributed by atoms with Gasteiger partial charge in [-0.25, -0.2) is 10.1 Å². The number of nitro benzene ring substituents is 1. The molecule has 11 heteroatoms. The fraction of sp³-hybridized carbons (Fsp3) is 0.0800. The van der Waals surface area contributed by atoms with E-state index < -0.39 is 4.92 Å². The molecule has 0 atom stereocenters. The monoisotopic (exact) mass is 523 g/mol. The molecule has 0 bridgehead atoms. The molecule has 1 amide bonds. The first-order valence-electron chi connectivity index (χ1n) is 10.6. The largest absolute Gasteiger partial charge is 0.489 e. The van der Waals surface area contributed by atoms with Gasteiger partial charge in [0, 0.05) is 45.1 Å². The number of rotatable bonds is 8. The highest BCUT2D eigenvalue weighted by atomic mass is 35.5. The first-order chi connectivity index (χ1) is 17.3. The molecule has 182 valence electrons. The summed E-state index contributed by atoms with van der Waals surface area (Å²) in [6, 6.07) is 17.8. The molecule has 0 unspecified atom stereocenters. The van der Waals surface area contributed by atoms with Crippen molar-refractivity contribution < 1.29 is 14.5 Å². The van der Waals surface area contributed by atoms with Crippen LogP contribution in [-0.4, -0.2) is 26.8 Å². The molecule has 1 heterocycles. The van der Waals surface area contributed by atoms with E-state index in [1.807, 2.05) is 0 Å². The third kappa shape index (κ3) is 6.07. The Morgan fingerprint density at radius 3 is 2.53 bits per heavy atom. The first kappa shape index (κ1) is 24.9. The Bertz CT molecular complexity index is 1430. The molecule has 4 rings (SSSR count). The van der Waals surface area contributed by atoms with Crippen molar-refractivity contribution in [2.24, 2.45) is 5.10 Å². The maximum atomic E-state index is 12.4. The van der Waals surface area contributed by atoms with Gasteiger partial charge in [-0.2, -0.15) is 10.2 Å². The number of benzene rings is 3. The van der Waals surface area contributed by atoms with Gasteiger partial charge in [0.25, 0.3) is 11.6 Å². The topological polar surface area (TPSA) is 112 Å². The molecule has 0 fully saturated rings. The van der Waals surface area contributed by atoms with Crippen molar-refractivity contribution in [2.45, 2.75) is 13.5 Å². The molecule has 0 saturated heterocycles. The van der Waals surface area contributed by atoms with E-state index >= 15 is 0 Å². The number of aromatic nitrogens is 2. The van der Waals surface area contributed by atoms with E-state index in [0.29, 0.717) is 38.3 Å². The van der Waals surface area contributed by atoms with Crippen LogP contribution in [0.5, 0.6) is 5.75 Å². The molecule has 0 saturated carbocycles. The SMILES string of the molecule is Cc1nn(-c2ccc([N+](=O)[O-])cc2)cc1/C=N\NC(=O)c1ccc(OCc2ccc(Cl)cc2Cl)cc1. The number of amides is 1. The van der Waals surface area contributed by atoms with Crippen LogP contribution in [0.2, 0.25) is 10.0 Å². The predicted molar refractivity (Wildman–Crippen MR) is 137 cm³/mol. The maximum Gasteiger partial charge on any atom is 0.271 e. The van der Waals surface area contributed by atoms with Gasteiger partial charge in [0.05, 0.1) is 22.5 Å². The number of hydrogen-bond donors (Lipinski definition) is 1. The molecule has 1 aromatic heterocycles. The molecule has 0 spiro atoms. The Balaban J connectivity index is 1.34. The molecule has 0 aliphatic heterocycles. The molecule has 0 aliphatic rings. The lowest BCUT2D eigenvalue weighted by Crippen LogP contribution is -2.17. The molecular weight excluding hydrogens is 505 g/mol. The quantitative estimate of drug-likeness (QED) is 0.180. The van der Waals surface area contributed by atoms with E-state index in [1.54, 1.807) is 72.4 Å². The minimum absolute atomic E-state index is 0.00215. The van der Waals surface area contributed by atoms with Gasteiger partial charge in [-0.3, -0.25) is 14.9 Å². The lowest BCUT2D eigenvalue weighted by Gasteiger charge is -2.08. The van der Waals surface area contributed by atoms with Crippen LogP contribution in [0.4, 0.5) is 5.69 Å². The smallest absolute Gasteiger partial charge is 0.271 e. The van der Waals surface area contributed by atoms with Crippen LogP contribution >= 0.6 is 23.2 Å². The normalized spacial score (nSPS) is 11.0. The van der Waals surface area contributed by atoms with Gasteiger partial charge in [-0.05, 0) is 55.5 Å². The molecule has 3 aromatic carbocycles. The number of carbonyl (C=O) groups excluding carboxylic acids is 1. The van der Waals surface area contributed by atoms with Crippen molar-refractivity contribution in [1.82, 2.24) is 15.2 Å². The number of hydrazone groups is 1. The van der Waals surface area contributed by atoms with E-state index in [0.717, 1.165) is 5.56 Å². The lowest BCUT2D eigenvalue weighted by molar-refractivity contribution is -0.384. The van der Waals surface area contributed by atoms with Gasteiger partial charge in [-0.15, -0.1) is 0 Å². The number of non-ortho nitro benzene ring substituents is 1. The number of nitro groups is 1. The summed E-state index contributed by atoms with van der Waals surface area (Å²) in [7, 11) is 0. The van der Waals surface area contributed by atoms with Crippen LogP contribution in [0.15, 0.2) is 78.0 Å². The summed E-state index contributed by atoms with van der Waals surface area (Å²) in [4.78, 5) is 22.8. The number of halogens is 2. The zero-order valence-corrected chi connectivity index (χ0v) is 20.4. The van der Waals surface area contributed by atoms with Crippen LogP contribution in [-0.2, 0) is 6.61 Å². The predicted octanol–water partition coefficient (Wildman–Crippen LogP) is 5.74. The molecule has 4 aromatic rings. The number of aryl methyl sites for hydroxylation is 1. The standard InChI is InChI=1S/C25H19Cl2N5O4/c1-16-19(14-31(30-16)21-6-8-22(9-7-21)32(34)35)13-28-29-25(33)17-3-10-23(11-4-17)36-15-18-2-5-20(26)12-24(18)27/h2-14H,15H2,1H3,(H,29,33)/b28-13-. The van der Waals surface area contributed by atoms with Crippen molar-refractivity contribution in [3.63, 3.8) is 0 Å². The van der Waals surface area contributed by atoms with Crippen LogP contribution in [0.3, 0.4) is 0 Å². The summed E-state index contributed by atoms with van der Waals surface area (Å²) in [5.74, 6) is 0.189. The summed E-state index contributed by atoms with van der Waals surface area (Å²) in [6.45, 7) is 2.06. The third-order valence-corrected chi connectivity index (χ3v) is 5.74. The number of nitrogens with zero attached hydrogens (tertiary/aromatic N) is 4. The van der Waals surface area contributed by atoms with Gasteiger partial charge in [0.15, 0.2) is 0 Å². The number of ether oxygens (including phenoxy) is 1. The van der Waals surface area contributed by atoms with Crippen LogP contribution in [0, 0.1) is 17.0 Å². The molecular formula is C25H19Cl2N5O4. The van der Waals surface area contributed by atoms with Gasteiger partial charge >= 0.3 is 0 Å². The van der Waals surface area contributed by atoms with Gasteiger partial charge < -0.3 is 4.74 Å². The van der Waals surface area contributed by atoms with Gasteiger partial charge in [0.2, 0.25) is 0 Å². The van der Waals surface area contributed by atoms with Crippen LogP contribution in [0.25, 0.3) is 5.69 Å². The Morgan fingerprint density at radius 2 is 1.86 bits per heavy atom. The number of hydrogen-bond acceptors (Lipinski definition) is 6. The van der Waals surface area contributed by atoms with E-state index in [-0.39, 0.29) is 18.2 Å². The zero-order chi connectivity index (χ0) is 25.7. The van der Waals surface area contributed by atoms with Crippen LogP contribution in [0.1, 0.15) is 27.2 Å². The highest BCUT2D eigenvalue weighted by Crippen LogP contribution is 2.23. The Hall–Kier alpha value is -4.21. The van der Waals surface area contributed by atoms with E-state index in [1.165, 1.54) is 18.3 Å². The fourth-order valence-corrected chi connectivity index (χ4v) is 3.65. The Labute approximate surface area is 216 Å². The average molecular weight is 524 g/mol. The van der Waals surface area contributed by atoms with E-state index in [2.05, 4.69) is 15.6 Å². The van der Waals surface area contributed by atoms with Crippen molar-refractivity contribution in [1.29, 1.82) is 0 Å². The zero-order valence-electron chi connectivity index (χ0n) is 18.9. The fourth-order valence-electron chi connectivity index (χ4n) is 3.19. The van der Waals surface area contributed by atoms with Gasteiger partial charge in [0.1, 0.15) is 12.4 Å². The van der Waals surface area contributed by atoms with Gasteiger partial charge in [-0.1, -0.05) is 29.3 Å². The summed E-state index contributed by atoms with van der Waals surface area (Å²) in [5, 5.41) is 20.3. The van der Waals surface area contributed by atoms with Crippen molar-refractivity contribution in [3.8, 4) is 11.4 Å². The third-order valence-electron chi connectivity index (χ3n) is 5.16.